The Morgan fingerprint density at radius 2 is 2.22 bits per heavy atom. The Balaban J connectivity index is 2.56. The van der Waals surface area contributed by atoms with E-state index in [0.29, 0.717) is 16.8 Å². The summed E-state index contributed by atoms with van der Waals surface area (Å²) < 4.78 is 6.99. The third-order valence-electron chi connectivity index (χ3n) is 2.60. The minimum Gasteiger partial charge on any atom is -0.494 e. The first kappa shape index (κ1) is 12.4. The number of aromatic nitrogens is 2. The number of rotatable bonds is 3. The SMILES string of the molecule is COc1cc(C)cn2ncc(C(=O)NC(C)C)c12. The molecule has 2 aromatic rings. The molecule has 5 nitrogen and oxygen atoms in total. The van der Waals surface area contributed by atoms with Gasteiger partial charge in [0, 0.05) is 12.2 Å². The van der Waals surface area contributed by atoms with Gasteiger partial charge in [-0.3, -0.25) is 4.79 Å². The highest BCUT2D eigenvalue weighted by atomic mass is 16.5. The topological polar surface area (TPSA) is 55.6 Å². The van der Waals surface area contributed by atoms with E-state index in [-0.39, 0.29) is 11.9 Å². The number of aryl methyl sites for hydroxylation is 1. The van der Waals surface area contributed by atoms with E-state index in [2.05, 4.69) is 10.4 Å². The summed E-state index contributed by atoms with van der Waals surface area (Å²) >= 11 is 0. The summed E-state index contributed by atoms with van der Waals surface area (Å²) in [4.78, 5) is 12.1. The number of methoxy groups -OCH3 is 1. The van der Waals surface area contributed by atoms with Gasteiger partial charge in [0.25, 0.3) is 5.91 Å². The van der Waals surface area contributed by atoms with Gasteiger partial charge in [-0.25, -0.2) is 4.52 Å². The van der Waals surface area contributed by atoms with Crippen LogP contribution in [0, 0.1) is 6.92 Å². The predicted molar refractivity (Wildman–Crippen MR) is 69.1 cm³/mol. The van der Waals surface area contributed by atoms with Crippen LogP contribution in [0.15, 0.2) is 18.5 Å². The van der Waals surface area contributed by atoms with Crippen molar-refractivity contribution in [3.63, 3.8) is 0 Å². The summed E-state index contributed by atoms with van der Waals surface area (Å²) in [7, 11) is 1.59. The molecule has 0 aliphatic rings. The molecule has 0 saturated heterocycles. The fourth-order valence-electron chi connectivity index (χ4n) is 1.87. The Bertz CT molecular complexity index is 587. The molecule has 0 aliphatic carbocycles. The molecule has 2 aromatic heterocycles. The van der Waals surface area contributed by atoms with Crippen LogP contribution in [0.2, 0.25) is 0 Å². The molecule has 0 atom stereocenters. The smallest absolute Gasteiger partial charge is 0.255 e. The largest absolute Gasteiger partial charge is 0.494 e. The number of amides is 1. The molecule has 96 valence electrons. The second kappa shape index (κ2) is 4.68. The quantitative estimate of drug-likeness (QED) is 0.899. The van der Waals surface area contributed by atoms with E-state index in [4.69, 9.17) is 4.74 Å². The lowest BCUT2D eigenvalue weighted by Gasteiger charge is -2.09. The lowest BCUT2D eigenvalue weighted by Crippen LogP contribution is -2.30. The average Bonchev–Trinajstić information content (AvgIpc) is 2.70. The zero-order valence-electron chi connectivity index (χ0n) is 11.0. The Morgan fingerprint density at radius 3 is 2.83 bits per heavy atom. The van der Waals surface area contributed by atoms with Crippen molar-refractivity contribution in [3.05, 3.63) is 29.6 Å². The van der Waals surface area contributed by atoms with Crippen LogP contribution in [0.4, 0.5) is 0 Å². The van der Waals surface area contributed by atoms with Crippen molar-refractivity contribution in [2.75, 3.05) is 7.11 Å². The number of ether oxygens (including phenoxy) is 1. The highest BCUT2D eigenvalue weighted by Crippen LogP contribution is 2.24. The number of nitrogens with one attached hydrogen (secondary N) is 1. The second-order valence-corrected chi connectivity index (χ2v) is 4.57. The van der Waals surface area contributed by atoms with E-state index in [1.165, 1.54) is 0 Å². The van der Waals surface area contributed by atoms with E-state index in [0.717, 1.165) is 5.56 Å². The van der Waals surface area contributed by atoms with Crippen molar-refractivity contribution in [1.29, 1.82) is 0 Å². The van der Waals surface area contributed by atoms with Gasteiger partial charge in [-0.1, -0.05) is 0 Å². The number of nitrogens with zero attached hydrogens (tertiary/aromatic N) is 2. The number of pyridine rings is 1. The van der Waals surface area contributed by atoms with E-state index >= 15 is 0 Å². The van der Waals surface area contributed by atoms with E-state index in [1.54, 1.807) is 17.8 Å². The van der Waals surface area contributed by atoms with Crippen LogP contribution in [0.3, 0.4) is 0 Å². The normalized spacial score (nSPS) is 10.9. The predicted octanol–water partition coefficient (Wildman–Crippen LogP) is 1.79. The van der Waals surface area contributed by atoms with Gasteiger partial charge in [-0.15, -0.1) is 0 Å². The van der Waals surface area contributed by atoms with Crippen molar-refractivity contribution in [2.24, 2.45) is 0 Å². The molecule has 0 saturated carbocycles. The van der Waals surface area contributed by atoms with Gasteiger partial charge in [0.1, 0.15) is 11.3 Å². The molecule has 0 unspecified atom stereocenters. The molecule has 0 bridgehead atoms. The summed E-state index contributed by atoms with van der Waals surface area (Å²) in [5.74, 6) is 0.517. The first-order chi connectivity index (χ1) is 8.52. The average molecular weight is 247 g/mol. The molecule has 1 N–H and O–H groups in total. The lowest BCUT2D eigenvalue weighted by atomic mass is 10.2. The van der Waals surface area contributed by atoms with Crippen molar-refractivity contribution in [2.45, 2.75) is 26.8 Å². The number of carbonyl (C=O) groups excluding carboxylic acids is 1. The number of carbonyl (C=O) groups is 1. The van der Waals surface area contributed by atoms with Crippen molar-refractivity contribution in [1.82, 2.24) is 14.9 Å². The van der Waals surface area contributed by atoms with Gasteiger partial charge < -0.3 is 10.1 Å². The van der Waals surface area contributed by atoms with Gasteiger partial charge in [-0.05, 0) is 32.4 Å². The second-order valence-electron chi connectivity index (χ2n) is 4.57. The Kier molecular flexibility index (Phi) is 3.23. The molecule has 0 aliphatic heterocycles. The zero-order chi connectivity index (χ0) is 13.3. The standard InChI is InChI=1S/C13H17N3O2/c1-8(2)15-13(17)10-6-14-16-7-9(3)5-11(18-4)12(10)16/h5-8H,1-4H3,(H,15,17). The first-order valence-corrected chi connectivity index (χ1v) is 5.85. The van der Waals surface area contributed by atoms with Gasteiger partial charge >= 0.3 is 0 Å². The highest BCUT2D eigenvalue weighted by Gasteiger charge is 2.17. The van der Waals surface area contributed by atoms with Crippen LogP contribution in [0.25, 0.3) is 5.52 Å². The monoisotopic (exact) mass is 247 g/mol. The van der Waals surface area contributed by atoms with Crippen LogP contribution in [0.5, 0.6) is 5.75 Å². The van der Waals surface area contributed by atoms with Gasteiger partial charge in [0.15, 0.2) is 0 Å². The molecule has 2 rings (SSSR count). The first-order valence-electron chi connectivity index (χ1n) is 5.85. The summed E-state index contributed by atoms with van der Waals surface area (Å²) in [5.41, 5.74) is 2.25. The fourth-order valence-corrected chi connectivity index (χ4v) is 1.87. The molecule has 0 fully saturated rings. The highest BCUT2D eigenvalue weighted by molar-refractivity contribution is 6.02. The van der Waals surface area contributed by atoms with Crippen LogP contribution in [-0.4, -0.2) is 28.7 Å². The number of fused-ring (bicyclic) bond motifs is 1. The molecule has 5 heteroatoms. The molecule has 1 amide bonds. The van der Waals surface area contributed by atoms with Gasteiger partial charge in [0.2, 0.25) is 0 Å². The maximum Gasteiger partial charge on any atom is 0.255 e. The van der Waals surface area contributed by atoms with Crippen LogP contribution in [0.1, 0.15) is 29.8 Å². The molecular weight excluding hydrogens is 230 g/mol. The minimum absolute atomic E-state index is 0.0869. The van der Waals surface area contributed by atoms with E-state index < -0.39 is 0 Å². The molecule has 18 heavy (non-hydrogen) atoms. The molecule has 2 heterocycles. The van der Waals surface area contributed by atoms with E-state index in [1.807, 2.05) is 33.0 Å². The van der Waals surface area contributed by atoms with Crippen LogP contribution in [-0.2, 0) is 0 Å². The molecule has 0 aromatic carbocycles. The Labute approximate surface area is 106 Å². The van der Waals surface area contributed by atoms with Crippen LogP contribution >= 0.6 is 0 Å². The van der Waals surface area contributed by atoms with Gasteiger partial charge in [-0.2, -0.15) is 5.10 Å². The Morgan fingerprint density at radius 1 is 1.50 bits per heavy atom. The van der Waals surface area contributed by atoms with Crippen molar-refractivity contribution < 1.29 is 9.53 Å². The maximum atomic E-state index is 12.1. The maximum absolute atomic E-state index is 12.1. The molecule has 0 radical (unpaired) electrons. The van der Waals surface area contributed by atoms with Crippen LogP contribution < -0.4 is 10.1 Å². The zero-order valence-corrected chi connectivity index (χ0v) is 11.0. The Hall–Kier alpha value is -2.04. The lowest BCUT2D eigenvalue weighted by molar-refractivity contribution is 0.0944. The fraction of sp³-hybridized carbons (Fsp3) is 0.385. The summed E-state index contributed by atoms with van der Waals surface area (Å²) in [6.45, 7) is 5.80. The third kappa shape index (κ3) is 2.16. The summed E-state index contributed by atoms with van der Waals surface area (Å²) in [6.07, 6.45) is 3.43. The summed E-state index contributed by atoms with van der Waals surface area (Å²) in [5, 5.41) is 7.05. The van der Waals surface area contributed by atoms with Crippen molar-refractivity contribution >= 4 is 11.4 Å². The molecule has 0 spiro atoms. The number of hydrogen-bond acceptors (Lipinski definition) is 3. The van der Waals surface area contributed by atoms with Gasteiger partial charge in [0.05, 0.1) is 18.9 Å². The van der Waals surface area contributed by atoms with E-state index in [9.17, 15) is 4.79 Å². The molecular formula is C13H17N3O2. The number of hydrogen-bond donors (Lipinski definition) is 1. The summed E-state index contributed by atoms with van der Waals surface area (Å²) in [6, 6.07) is 1.98. The minimum atomic E-state index is -0.137. The van der Waals surface area contributed by atoms with Crippen molar-refractivity contribution in [3.8, 4) is 5.75 Å². The third-order valence-corrected chi connectivity index (χ3v) is 2.60.